The van der Waals surface area contributed by atoms with Crippen LogP contribution in [0.4, 0.5) is 0 Å². The number of rotatable bonds is 10. The molecule has 0 saturated carbocycles. The second-order valence-corrected chi connectivity index (χ2v) is 14.8. The van der Waals surface area contributed by atoms with Gasteiger partial charge in [-0.25, -0.2) is 4.79 Å². The molecule has 55 heavy (non-hydrogen) atoms. The summed E-state index contributed by atoms with van der Waals surface area (Å²) < 4.78 is 29.4. The number of aliphatic hydroxyl groups is 5. The molecule has 4 heterocycles. The molecule has 3 fully saturated rings. The molecule has 3 saturated heterocycles. The van der Waals surface area contributed by atoms with Gasteiger partial charge in [-0.05, 0) is 58.9 Å². The van der Waals surface area contributed by atoms with E-state index in [0.717, 1.165) is 0 Å². The van der Waals surface area contributed by atoms with Crippen molar-refractivity contribution >= 4 is 11.9 Å². The lowest BCUT2D eigenvalue weighted by Crippen LogP contribution is -2.64. The van der Waals surface area contributed by atoms with Gasteiger partial charge >= 0.3 is 11.9 Å². The number of hydrogen-bond acceptors (Lipinski definition) is 15. The highest BCUT2D eigenvalue weighted by atomic mass is 16.7. The maximum Gasteiger partial charge on any atom is 0.330 e. The Morgan fingerprint density at radius 1 is 0.909 bits per heavy atom. The number of carboxylic acids is 1. The van der Waals surface area contributed by atoms with Crippen molar-refractivity contribution in [3.05, 3.63) is 60.8 Å². The summed E-state index contributed by atoms with van der Waals surface area (Å²) in [5, 5.41) is 66.6. The van der Waals surface area contributed by atoms with Crippen LogP contribution in [0, 0.1) is 5.92 Å². The van der Waals surface area contributed by atoms with Crippen molar-refractivity contribution in [2.45, 2.75) is 138 Å². The lowest BCUT2D eigenvalue weighted by Gasteiger charge is -2.47. The highest BCUT2D eigenvalue weighted by Gasteiger charge is 2.52. The lowest BCUT2D eigenvalue weighted by atomic mass is 9.83. The molecule has 4 aliphatic rings. The van der Waals surface area contributed by atoms with Gasteiger partial charge in [0.2, 0.25) is 0 Å². The Labute approximate surface area is 322 Å². The van der Waals surface area contributed by atoms with Crippen LogP contribution in [0.3, 0.4) is 0 Å². The molecule has 0 aromatic heterocycles. The molecular weight excluding hydrogens is 718 g/mol. The molecule has 0 amide bonds. The number of nitrogens with two attached hydrogens (primary N) is 2. The fourth-order valence-electron chi connectivity index (χ4n) is 7.38. The zero-order valence-corrected chi connectivity index (χ0v) is 31.7. The fourth-order valence-corrected chi connectivity index (χ4v) is 7.38. The molecule has 10 N–H and O–H groups in total. The first-order chi connectivity index (χ1) is 26.2. The average molecular weight is 780 g/mol. The van der Waals surface area contributed by atoms with Crippen LogP contribution < -0.4 is 11.5 Å². The van der Waals surface area contributed by atoms with Crippen LogP contribution in [0.1, 0.15) is 58.8 Å². The van der Waals surface area contributed by atoms with Gasteiger partial charge in [-0.3, -0.25) is 9.69 Å². The number of ether oxygens (including phenoxy) is 5. The number of cyclic esters (lactones) is 1. The van der Waals surface area contributed by atoms with Crippen LogP contribution in [0.25, 0.3) is 0 Å². The maximum atomic E-state index is 12.5. The van der Waals surface area contributed by atoms with Crippen molar-refractivity contribution < 1.29 is 63.9 Å². The minimum Gasteiger partial charge on any atom is -0.481 e. The summed E-state index contributed by atoms with van der Waals surface area (Å²) in [5.41, 5.74) is 11.6. The quantitative estimate of drug-likeness (QED) is 0.109. The highest BCUT2D eigenvalue weighted by molar-refractivity contribution is 5.82. The van der Waals surface area contributed by atoms with E-state index >= 15 is 0 Å². The Morgan fingerprint density at radius 2 is 1.58 bits per heavy atom. The van der Waals surface area contributed by atoms with Crippen LogP contribution in [-0.2, 0) is 33.3 Å². The number of allylic oxidation sites excluding steroid dienone is 6. The van der Waals surface area contributed by atoms with Crippen LogP contribution in [0.2, 0.25) is 0 Å². The zero-order valence-electron chi connectivity index (χ0n) is 31.7. The third-order valence-electron chi connectivity index (χ3n) is 10.2. The Balaban J connectivity index is 1.62. The van der Waals surface area contributed by atoms with E-state index in [1.807, 2.05) is 17.1 Å². The second kappa shape index (κ2) is 21.6. The van der Waals surface area contributed by atoms with Crippen molar-refractivity contribution in [2.75, 3.05) is 26.2 Å². The van der Waals surface area contributed by atoms with Gasteiger partial charge < -0.3 is 65.8 Å². The Hall–Kier alpha value is -2.84. The predicted molar refractivity (Wildman–Crippen MR) is 200 cm³/mol. The van der Waals surface area contributed by atoms with Gasteiger partial charge in [0.25, 0.3) is 0 Å². The van der Waals surface area contributed by atoms with Gasteiger partial charge in [0.1, 0.15) is 24.2 Å². The molecule has 0 spiro atoms. The summed E-state index contributed by atoms with van der Waals surface area (Å²) in [7, 11) is 0. The maximum absolute atomic E-state index is 12.5. The van der Waals surface area contributed by atoms with Gasteiger partial charge in [0, 0.05) is 38.2 Å². The number of carboxylic acid groups (broad SMARTS) is 1. The highest BCUT2D eigenvalue weighted by Crippen LogP contribution is 2.39. The number of carbonyl (C=O) groups excluding carboxylic acids is 1. The third kappa shape index (κ3) is 13.7. The fraction of sp³-hybridized carbons (Fsp3) is 0.692. The van der Waals surface area contributed by atoms with E-state index in [0.29, 0.717) is 45.4 Å². The number of aliphatic carboxylic acids is 1. The van der Waals surface area contributed by atoms with Gasteiger partial charge in [-0.2, -0.15) is 0 Å². The number of nitrogens with zero attached hydrogens (tertiary/aromatic N) is 1. The molecule has 0 radical (unpaired) electrons. The first-order valence-electron chi connectivity index (χ1n) is 19.3. The average Bonchev–Trinajstić information content (AvgIpc) is 3.85. The molecule has 0 aliphatic carbocycles. The van der Waals surface area contributed by atoms with Crippen molar-refractivity contribution in [3.8, 4) is 0 Å². The van der Waals surface area contributed by atoms with E-state index in [-0.39, 0.29) is 25.4 Å². The monoisotopic (exact) mass is 779 g/mol. The van der Waals surface area contributed by atoms with Gasteiger partial charge in [0.05, 0.1) is 48.8 Å². The summed E-state index contributed by atoms with van der Waals surface area (Å²) in [6.07, 6.45) is 6.72. The van der Waals surface area contributed by atoms with Crippen molar-refractivity contribution in [3.63, 3.8) is 0 Å². The molecule has 2 bridgehead atoms. The summed E-state index contributed by atoms with van der Waals surface area (Å²) in [6.45, 7) is 5.22. The molecular formula is C39H61N3O13. The largest absolute Gasteiger partial charge is 0.481 e. The molecule has 0 unspecified atom stereocenters. The van der Waals surface area contributed by atoms with Crippen molar-refractivity contribution in [2.24, 2.45) is 17.4 Å². The number of hydrogen-bond donors (Lipinski definition) is 8. The van der Waals surface area contributed by atoms with E-state index in [1.54, 1.807) is 56.4 Å². The number of carbonyl (C=O) groups is 2. The first-order valence-corrected chi connectivity index (χ1v) is 19.3. The van der Waals surface area contributed by atoms with Crippen LogP contribution in [0.5, 0.6) is 0 Å². The van der Waals surface area contributed by atoms with Crippen molar-refractivity contribution in [1.82, 2.24) is 4.90 Å². The van der Waals surface area contributed by atoms with E-state index < -0.39 is 97.3 Å². The van der Waals surface area contributed by atoms with E-state index in [9.17, 15) is 40.2 Å². The SMILES string of the molecule is C[C@@H]1CC=CC=CC=CC=C[C@H](O[C@@H]2O[C@H](C)[C@@H](O)[C@H](N(CCCN)CCCN)[C@@H]2O)C[C@@H]2O[C@](O)(C[C@@H](O)C[C@H]3O[C@@H]3C=CC(=O)O1)C[C@H](O)[C@H]2C(=O)O. The summed E-state index contributed by atoms with van der Waals surface area (Å²) in [4.78, 5) is 26.7. The second-order valence-electron chi connectivity index (χ2n) is 14.8. The molecule has 16 heteroatoms. The Morgan fingerprint density at radius 3 is 2.25 bits per heavy atom. The first kappa shape index (κ1) is 44.9. The van der Waals surface area contributed by atoms with E-state index in [2.05, 4.69) is 0 Å². The van der Waals surface area contributed by atoms with E-state index in [4.69, 9.17) is 35.2 Å². The predicted octanol–water partition coefficient (Wildman–Crippen LogP) is 0.161. The molecule has 0 aromatic rings. The van der Waals surface area contributed by atoms with E-state index in [1.165, 1.54) is 6.08 Å². The molecule has 0 aromatic carbocycles. The Kier molecular flexibility index (Phi) is 17.6. The molecule has 4 rings (SSSR count). The minimum atomic E-state index is -2.12. The molecule has 310 valence electrons. The number of epoxide rings is 1. The Bertz CT molecular complexity index is 1370. The topological polar surface area (TPSA) is 260 Å². The zero-order chi connectivity index (χ0) is 40.1. The van der Waals surface area contributed by atoms with Gasteiger partial charge in [-0.1, -0.05) is 48.6 Å². The van der Waals surface area contributed by atoms with Gasteiger partial charge in [0.15, 0.2) is 12.1 Å². The standard InChI is InChI=1S/C39H61N3O13/c1-24-12-8-6-4-3-5-7-9-13-27(53-38-36(47)34(35(46)25(2)52-38)42(18-10-16-40)19-11-17-41)21-31-33(37(48)49)28(44)23-39(50,55-31)22-26(43)20-30-29(54-30)14-15-32(45)51-24/h3-9,13-15,24-31,33-36,38,43-44,46-47,50H,10-12,16-23,40-41H2,1-2H3,(H,48,49)/t24-,25-,26+,27+,28+,29-,30-,31+,33-,34+,35-,36+,38+,39-/m1/s1. The molecule has 4 aliphatic heterocycles. The van der Waals surface area contributed by atoms with Crippen LogP contribution in [-0.4, -0.2) is 153 Å². The summed E-state index contributed by atoms with van der Waals surface area (Å²) in [6, 6.07) is -0.796. The van der Waals surface area contributed by atoms with Crippen LogP contribution >= 0.6 is 0 Å². The van der Waals surface area contributed by atoms with Gasteiger partial charge in [-0.15, -0.1) is 0 Å². The summed E-state index contributed by atoms with van der Waals surface area (Å²) >= 11 is 0. The number of esters is 1. The third-order valence-corrected chi connectivity index (χ3v) is 10.2. The van der Waals surface area contributed by atoms with Crippen molar-refractivity contribution in [1.29, 1.82) is 0 Å². The minimum absolute atomic E-state index is 0.0735. The smallest absolute Gasteiger partial charge is 0.330 e. The number of aliphatic hydroxyl groups excluding tert-OH is 4. The molecule has 14 atom stereocenters. The molecule has 16 nitrogen and oxygen atoms in total. The number of fused-ring (bicyclic) bond motifs is 3. The summed E-state index contributed by atoms with van der Waals surface area (Å²) in [5.74, 6) is -5.48. The lowest BCUT2D eigenvalue weighted by molar-refractivity contribution is -0.311. The van der Waals surface area contributed by atoms with Crippen LogP contribution in [0.15, 0.2) is 60.8 Å². The normalized spacial score (nSPS) is 39.3.